The Morgan fingerprint density at radius 1 is 1.32 bits per heavy atom. The Hall–Kier alpha value is -2.46. The van der Waals surface area contributed by atoms with E-state index in [1.54, 1.807) is 4.68 Å². The van der Waals surface area contributed by atoms with E-state index in [0.717, 1.165) is 18.9 Å². The average Bonchev–Trinajstić information content (AvgIpc) is 3.17. The van der Waals surface area contributed by atoms with Crippen molar-refractivity contribution in [3.63, 3.8) is 0 Å². The van der Waals surface area contributed by atoms with Crippen LogP contribution in [0.25, 0.3) is 0 Å². The SMILES string of the molecule is C#Cc1cnn2c1C(=O)N(c1ccc(C(F)(F)F)c(Cl)c1)CC21CC1. The minimum Gasteiger partial charge on any atom is -0.305 e. The molecule has 1 aliphatic heterocycles. The number of amides is 1. The zero-order valence-corrected chi connectivity index (χ0v) is 13.5. The minimum atomic E-state index is -4.55. The van der Waals surface area contributed by atoms with Crippen LogP contribution >= 0.6 is 11.6 Å². The van der Waals surface area contributed by atoms with Crippen LogP contribution in [0.15, 0.2) is 24.4 Å². The van der Waals surface area contributed by atoms with E-state index < -0.39 is 16.8 Å². The Labute approximate surface area is 146 Å². The topological polar surface area (TPSA) is 38.1 Å². The molecule has 1 aliphatic carbocycles. The number of terminal acetylenes is 1. The van der Waals surface area contributed by atoms with Crippen molar-refractivity contribution >= 4 is 23.2 Å². The molecule has 4 nitrogen and oxygen atoms in total. The molecule has 2 aliphatic rings. The molecule has 1 amide bonds. The van der Waals surface area contributed by atoms with Gasteiger partial charge in [-0.3, -0.25) is 9.48 Å². The summed E-state index contributed by atoms with van der Waals surface area (Å²) in [6.07, 6.45) is 4.01. The Morgan fingerprint density at radius 3 is 2.60 bits per heavy atom. The van der Waals surface area contributed by atoms with Gasteiger partial charge in [0.05, 0.1) is 34.4 Å². The maximum Gasteiger partial charge on any atom is 0.417 e. The first-order valence-electron chi connectivity index (χ1n) is 7.50. The number of anilines is 1. The van der Waals surface area contributed by atoms with E-state index in [9.17, 15) is 18.0 Å². The molecular formula is C17H11ClF3N3O. The maximum atomic E-state index is 12.9. The fourth-order valence-electron chi connectivity index (χ4n) is 3.21. The highest BCUT2D eigenvalue weighted by molar-refractivity contribution is 6.31. The summed E-state index contributed by atoms with van der Waals surface area (Å²) in [4.78, 5) is 14.3. The third-order valence-electron chi connectivity index (χ3n) is 4.67. The van der Waals surface area contributed by atoms with Crippen molar-refractivity contribution in [3.05, 3.63) is 46.2 Å². The molecule has 0 bridgehead atoms. The lowest BCUT2D eigenvalue weighted by atomic mass is 10.1. The molecule has 2 heterocycles. The highest BCUT2D eigenvalue weighted by Gasteiger charge is 2.53. The van der Waals surface area contributed by atoms with Crippen molar-refractivity contribution in [2.45, 2.75) is 24.6 Å². The molecule has 1 aromatic carbocycles. The standard InChI is InChI=1S/C17H11ClF3N3O/c1-2-10-8-22-24-14(10)15(25)23(9-16(24)5-6-16)11-3-4-12(13(18)7-11)17(19,20)21/h1,3-4,7-8H,5-6,9H2. The monoisotopic (exact) mass is 365 g/mol. The first-order valence-corrected chi connectivity index (χ1v) is 7.88. The van der Waals surface area contributed by atoms with E-state index in [4.69, 9.17) is 18.0 Å². The normalized spacial score (nSPS) is 18.2. The molecule has 0 radical (unpaired) electrons. The molecular weight excluding hydrogens is 355 g/mol. The van der Waals surface area contributed by atoms with Crippen LogP contribution in [0, 0.1) is 12.3 Å². The van der Waals surface area contributed by atoms with Gasteiger partial charge in [0.25, 0.3) is 5.91 Å². The third kappa shape index (κ3) is 2.32. The first-order chi connectivity index (χ1) is 11.8. The number of rotatable bonds is 1. The van der Waals surface area contributed by atoms with Crippen molar-refractivity contribution in [1.29, 1.82) is 0 Å². The molecule has 1 spiro atoms. The number of halogens is 4. The number of nitrogens with zero attached hydrogens (tertiary/aromatic N) is 3. The Kier molecular flexibility index (Phi) is 3.22. The second-order valence-corrected chi connectivity index (χ2v) is 6.65. The molecule has 1 aromatic heterocycles. The largest absolute Gasteiger partial charge is 0.417 e. The lowest BCUT2D eigenvalue weighted by Gasteiger charge is -2.34. The number of aromatic nitrogens is 2. The molecule has 0 saturated heterocycles. The summed E-state index contributed by atoms with van der Waals surface area (Å²) >= 11 is 5.80. The van der Waals surface area contributed by atoms with Crippen LogP contribution in [-0.4, -0.2) is 22.2 Å². The summed E-state index contributed by atoms with van der Waals surface area (Å²) in [5.74, 6) is 2.05. The number of benzene rings is 1. The van der Waals surface area contributed by atoms with Gasteiger partial charge in [-0.25, -0.2) is 0 Å². The molecule has 2 aromatic rings. The van der Waals surface area contributed by atoms with Crippen LogP contribution in [0.1, 0.15) is 34.5 Å². The van der Waals surface area contributed by atoms with Crippen LogP contribution in [-0.2, 0) is 11.7 Å². The van der Waals surface area contributed by atoms with Gasteiger partial charge in [0.15, 0.2) is 0 Å². The van der Waals surface area contributed by atoms with Gasteiger partial charge in [-0.05, 0) is 31.0 Å². The van der Waals surface area contributed by atoms with Gasteiger partial charge in [0, 0.05) is 5.69 Å². The summed E-state index contributed by atoms with van der Waals surface area (Å²) in [7, 11) is 0. The predicted molar refractivity (Wildman–Crippen MR) is 85.5 cm³/mol. The lowest BCUT2D eigenvalue weighted by molar-refractivity contribution is -0.137. The van der Waals surface area contributed by atoms with Gasteiger partial charge in [-0.15, -0.1) is 6.42 Å². The number of carbonyl (C=O) groups is 1. The van der Waals surface area contributed by atoms with Gasteiger partial charge < -0.3 is 4.90 Å². The minimum absolute atomic E-state index is 0.294. The van der Waals surface area contributed by atoms with Crippen LogP contribution in [0.2, 0.25) is 5.02 Å². The van der Waals surface area contributed by atoms with Gasteiger partial charge in [-0.1, -0.05) is 17.5 Å². The van der Waals surface area contributed by atoms with Crippen molar-refractivity contribution in [2.75, 3.05) is 11.4 Å². The number of hydrogen-bond donors (Lipinski definition) is 0. The quantitative estimate of drug-likeness (QED) is 0.723. The first kappa shape index (κ1) is 16.0. The van der Waals surface area contributed by atoms with E-state index >= 15 is 0 Å². The second kappa shape index (κ2) is 5.02. The van der Waals surface area contributed by atoms with E-state index in [0.29, 0.717) is 23.5 Å². The van der Waals surface area contributed by atoms with Crippen LogP contribution < -0.4 is 4.90 Å². The van der Waals surface area contributed by atoms with E-state index in [2.05, 4.69) is 11.0 Å². The summed E-state index contributed by atoms with van der Waals surface area (Å²) in [6.45, 7) is 0.326. The van der Waals surface area contributed by atoms with Crippen molar-refractivity contribution in [3.8, 4) is 12.3 Å². The second-order valence-electron chi connectivity index (χ2n) is 6.24. The lowest BCUT2D eigenvalue weighted by Crippen LogP contribution is -2.48. The van der Waals surface area contributed by atoms with E-state index in [1.165, 1.54) is 23.2 Å². The summed E-state index contributed by atoms with van der Waals surface area (Å²) in [5, 5.41) is 3.79. The number of hydrogen-bond acceptors (Lipinski definition) is 2. The molecule has 1 saturated carbocycles. The zero-order valence-electron chi connectivity index (χ0n) is 12.8. The molecule has 4 rings (SSSR count). The molecule has 0 N–H and O–H groups in total. The molecule has 1 fully saturated rings. The van der Waals surface area contributed by atoms with Crippen molar-refractivity contribution in [2.24, 2.45) is 0 Å². The van der Waals surface area contributed by atoms with E-state index in [-0.39, 0.29) is 11.4 Å². The van der Waals surface area contributed by atoms with Gasteiger partial charge in [0.2, 0.25) is 0 Å². The van der Waals surface area contributed by atoms with Crippen molar-refractivity contribution in [1.82, 2.24) is 9.78 Å². The van der Waals surface area contributed by atoms with Gasteiger partial charge in [-0.2, -0.15) is 18.3 Å². The molecule has 25 heavy (non-hydrogen) atoms. The Bertz CT molecular complexity index is 938. The number of alkyl halides is 3. The summed E-state index contributed by atoms with van der Waals surface area (Å²) < 4.78 is 40.3. The van der Waals surface area contributed by atoms with Crippen molar-refractivity contribution < 1.29 is 18.0 Å². The van der Waals surface area contributed by atoms with Crippen LogP contribution in [0.4, 0.5) is 18.9 Å². The summed E-state index contributed by atoms with van der Waals surface area (Å²) in [6, 6.07) is 3.31. The van der Waals surface area contributed by atoms with Crippen LogP contribution in [0.3, 0.4) is 0 Å². The highest BCUT2D eigenvalue weighted by Crippen LogP contribution is 2.48. The summed E-state index contributed by atoms with van der Waals surface area (Å²) in [5.41, 5.74) is -0.295. The highest BCUT2D eigenvalue weighted by atomic mass is 35.5. The smallest absolute Gasteiger partial charge is 0.305 e. The fourth-order valence-corrected chi connectivity index (χ4v) is 3.49. The van der Waals surface area contributed by atoms with Gasteiger partial charge in [0.1, 0.15) is 5.69 Å². The maximum absolute atomic E-state index is 12.9. The fraction of sp³-hybridized carbons (Fsp3) is 0.294. The Balaban J connectivity index is 1.79. The molecule has 8 heteroatoms. The zero-order chi connectivity index (χ0) is 18.0. The number of carbonyl (C=O) groups excluding carboxylic acids is 1. The van der Waals surface area contributed by atoms with Crippen LogP contribution in [0.5, 0.6) is 0 Å². The molecule has 0 atom stereocenters. The molecule has 0 unspecified atom stereocenters. The van der Waals surface area contributed by atoms with E-state index in [1.807, 2.05) is 0 Å². The predicted octanol–water partition coefficient (Wildman–Crippen LogP) is 3.69. The molecule has 128 valence electrons. The third-order valence-corrected chi connectivity index (χ3v) is 4.98. The average molecular weight is 366 g/mol. The number of fused-ring (bicyclic) bond motifs is 2. The van der Waals surface area contributed by atoms with Gasteiger partial charge >= 0.3 is 6.18 Å². The Morgan fingerprint density at radius 2 is 2.04 bits per heavy atom.